The van der Waals surface area contributed by atoms with E-state index >= 15 is 0 Å². The second-order valence-electron chi connectivity index (χ2n) is 4.28. The van der Waals surface area contributed by atoms with Crippen molar-refractivity contribution in [3.8, 4) is 0 Å². The fraction of sp³-hybridized carbons (Fsp3) is 0.333. The summed E-state index contributed by atoms with van der Waals surface area (Å²) < 4.78 is 26.4. The van der Waals surface area contributed by atoms with Gasteiger partial charge >= 0.3 is 0 Å². The number of amides is 1. The van der Waals surface area contributed by atoms with Crippen LogP contribution in [0.15, 0.2) is 29.2 Å². The Morgan fingerprint density at radius 3 is 2.53 bits per heavy atom. The van der Waals surface area contributed by atoms with Gasteiger partial charge in [0.2, 0.25) is 15.9 Å². The summed E-state index contributed by atoms with van der Waals surface area (Å²) in [6, 6.07) is 5.09. The monoisotopic (exact) mass is 284 g/mol. The summed E-state index contributed by atoms with van der Waals surface area (Å²) >= 11 is 0. The molecule has 0 aliphatic carbocycles. The van der Waals surface area contributed by atoms with Gasteiger partial charge in [-0.25, -0.2) is 13.1 Å². The minimum absolute atomic E-state index is 0.0171. The summed E-state index contributed by atoms with van der Waals surface area (Å²) in [7, 11) is -3.77. The average molecular weight is 284 g/mol. The highest BCUT2D eigenvalue weighted by Crippen LogP contribution is 2.13. The van der Waals surface area contributed by atoms with Crippen LogP contribution in [0, 0.1) is 0 Å². The number of carbonyl (C=O) groups excluding carboxylic acids is 2. The van der Waals surface area contributed by atoms with Crippen molar-refractivity contribution in [1.82, 2.24) is 4.72 Å². The van der Waals surface area contributed by atoms with Crippen LogP contribution >= 0.6 is 0 Å². The van der Waals surface area contributed by atoms with Crippen molar-refractivity contribution in [3.05, 3.63) is 29.8 Å². The molecule has 0 aliphatic rings. The third-order valence-corrected chi connectivity index (χ3v) is 4.00. The standard InChI is InChI=1S/C12H16N2O4S/c1-8(6-12(13)16)14-19(17,18)11-5-3-4-10(7-11)9(2)15/h3-5,7-8,14H,6H2,1-2H3,(H2,13,16). The number of nitrogens with two attached hydrogens (primary N) is 1. The maximum Gasteiger partial charge on any atom is 0.240 e. The van der Waals surface area contributed by atoms with Gasteiger partial charge < -0.3 is 5.73 Å². The predicted molar refractivity (Wildman–Crippen MR) is 70.0 cm³/mol. The van der Waals surface area contributed by atoms with Gasteiger partial charge in [0.25, 0.3) is 0 Å². The Morgan fingerprint density at radius 1 is 1.37 bits per heavy atom. The molecule has 0 saturated heterocycles. The van der Waals surface area contributed by atoms with Crippen molar-refractivity contribution in [3.63, 3.8) is 0 Å². The predicted octanol–water partition coefficient (Wildman–Crippen LogP) is 0.431. The summed E-state index contributed by atoms with van der Waals surface area (Å²) in [5, 5.41) is 0. The number of carbonyl (C=O) groups is 2. The molecule has 7 heteroatoms. The van der Waals surface area contributed by atoms with Crippen LogP contribution in [0.2, 0.25) is 0 Å². The molecule has 1 rings (SSSR count). The van der Waals surface area contributed by atoms with Crippen molar-refractivity contribution in [2.45, 2.75) is 31.2 Å². The van der Waals surface area contributed by atoms with Crippen LogP contribution in [0.4, 0.5) is 0 Å². The molecule has 1 atom stereocenters. The zero-order valence-electron chi connectivity index (χ0n) is 10.7. The van der Waals surface area contributed by atoms with Gasteiger partial charge in [-0.1, -0.05) is 12.1 Å². The summed E-state index contributed by atoms with van der Waals surface area (Å²) in [4.78, 5) is 21.9. The maximum atomic E-state index is 12.0. The van der Waals surface area contributed by atoms with Crippen LogP contribution in [0.25, 0.3) is 0 Å². The van der Waals surface area contributed by atoms with Gasteiger partial charge in [-0.05, 0) is 26.0 Å². The van der Waals surface area contributed by atoms with E-state index in [0.717, 1.165) is 0 Å². The largest absolute Gasteiger partial charge is 0.370 e. The summed E-state index contributed by atoms with van der Waals surface area (Å²) in [5.41, 5.74) is 5.31. The van der Waals surface area contributed by atoms with E-state index in [-0.39, 0.29) is 17.1 Å². The van der Waals surface area contributed by atoms with Gasteiger partial charge in [0.15, 0.2) is 5.78 Å². The fourth-order valence-electron chi connectivity index (χ4n) is 1.56. The minimum Gasteiger partial charge on any atom is -0.370 e. The fourth-order valence-corrected chi connectivity index (χ4v) is 2.85. The topological polar surface area (TPSA) is 106 Å². The molecule has 0 saturated carbocycles. The molecule has 3 N–H and O–H groups in total. The molecule has 0 radical (unpaired) electrons. The summed E-state index contributed by atoms with van der Waals surface area (Å²) in [5.74, 6) is -0.810. The smallest absolute Gasteiger partial charge is 0.240 e. The number of benzene rings is 1. The van der Waals surface area contributed by atoms with Crippen LogP contribution in [0.3, 0.4) is 0 Å². The first-order chi connectivity index (χ1) is 8.72. The Labute approximate surface area is 112 Å². The number of Topliss-reactive ketones (excluding diaryl/α,β-unsaturated/α-hetero) is 1. The first-order valence-corrected chi connectivity index (χ1v) is 7.12. The van der Waals surface area contributed by atoms with Crippen molar-refractivity contribution in [2.75, 3.05) is 0 Å². The third kappa shape index (κ3) is 4.46. The van der Waals surface area contributed by atoms with E-state index in [1.54, 1.807) is 0 Å². The lowest BCUT2D eigenvalue weighted by Gasteiger charge is -2.12. The Bertz CT molecular complexity index is 596. The normalized spacial score (nSPS) is 12.9. The molecule has 0 aliphatic heterocycles. The van der Waals surface area contributed by atoms with Gasteiger partial charge in [0, 0.05) is 18.0 Å². The van der Waals surface area contributed by atoms with Crippen LogP contribution in [-0.2, 0) is 14.8 Å². The van der Waals surface area contributed by atoms with Gasteiger partial charge in [-0.3, -0.25) is 9.59 Å². The van der Waals surface area contributed by atoms with Crippen LogP contribution in [0.5, 0.6) is 0 Å². The van der Waals surface area contributed by atoms with Gasteiger partial charge in [-0.2, -0.15) is 0 Å². The van der Waals surface area contributed by atoms with Crippen molar-refractivity contribution in [1.29, 1.82) is 0 Å². The molecule has 104 valence electrons. The molecule has 6 nitrogen and oxygen atoms in total. The number of hydrogen-bond donors (Lipinski definition) is 2. The Balaban J connectivity index is 2.97. The summed E-state index contributed by atoms with van der Waals surface area (Å²) in [6.07, 6.45) is -0.0916. The molecular weight excluding hydrogens is 268 g/mol. The minimum atomic E-state index is -3.77. The number of sulfonamides is 1. The highest BCUT2D eigenvalue weighted by Gasteiger charge is 2.19. The SMILES string of the molecule is CC(=O)c1cccc(S(=O)(=O)NC(C)CC(N)=O)c1. The number of ketones is 1. The molecule has 0 heterocycles. The third-order valence-electron chi connectivity index (χ3n) is 2.41. The second-order valence-corrected chi connectivity index (χ2v) is 5.99. The van der Waals surface area contributed by atoms with E-state index in [2.05, 4.69) is 4.72 Å². The van der Waals surface area contributed by atoms with E-state index < -0.39 is 22.0 Å². The molecule has 1 unspecified atom stereocenters. The Kier molecular flexibility index (Phi) is 4.79. The van der Waals surface area contributed by atoms with Crippen molar-refractivity contribution < 1.29 is 18.0 Å². The number of primary amides is 1. The van der Waals surface area contributed by atoms with Crippen LogP contribution in [0.1, 0.15) is 30.6 Å². The zero-order valence-corrected chi connectivity index (χ0v) is 11.5. The number of nitrogens with one attached hydrogen (secondary N) is 1. The Hall–Kier alpha value is -1.73. The van der Waals surface area contributed by atoms with Crippen LogP contribution < -0.4 is 10.5 Å². The van der Waals surface area contributed by atoms with E-state index in [1.807, 2.05) is 0 Å². The highest BCUT2D eigenvalue weighted by molar-refractivity contribution is 7.89. The molecule has 0 aromatic heterocycles. The lowest BCUT2D eigenvalue weighted by atomic mass is 10.2. The number of rotatable bonds is 6. The quantitative estimate of drug-likeness (QED) is 0.739. The van der Waals surface area contributed by atoms with Crippen molar-refractivity contribution in [2.24, 2.45) is 5.73 Å². The van der Waals surface area contributed by atoms with Gasteiger partial charge in [0.05, 0.1) is 4.90 Å². The molecule has 0 spiro atoms. The summed E-state index contributed by atoms with van der Waals surface area (Å²) in [6.45, 7) is 2.89. The molecule has 19 heavy (non-hydrogen) atoms. The number of hydrogen-bond acceptors (Lipinski definition) is 4. The molecule has 1 amide bonds. The lowest BCUT2D eigenvalue weighted by molar-refractivity contribution is -0.118. The molecule has 0 bridgehead atoms. The molecular formula is C12H16N2O4S. The van der Waals surface area contributed by atoms with E-state index in [1.165, 1.54) is 38.1 Å². The van der Waals surface area contributed by atoms with Gasteiger partial charge in [0.1, 0.15) is 0 Å². The van der Waals surface area contributed by atoms with Gasteiger partial charge in [-0.15, -0.1) is 0 Å². The molecule has 0 fully saturated rings. The van der Waals surface area contributed by atoms with Crippen molar-refractivity contribution >= 4 is 21.7 Å². The van der Waals surface area contributed by atoms with Crippen LogP contribution in [-0.4, -0.2) is 26.2 Å². The average Bonchev–Trinajstić information content (AvgIpc) is 2.27. The Morgan fingerprint density at radius 2 is 2.00 bits per heavy atom. The lowest BCUT2D eigenvalue weighted by Crippen LogP contribution is -2.35. The maximum absolute atomic E-state index is 12.0. The first kappa shape index (κ1) is 15.3. The van der Waals surface area contributed by atoms with E-state index in [0.29, 0.717) is 5.56 Å². The molecule has 1 aromatic carbocycles. The van der Waals surface area contributed by atoms with E-state index in [4.69, 9.17) is 5.73 Å². The first-order valence-electron chi connectivity index (χ1n) is 5.64. The molecule has 1 aromatic rings. The second kappa shape index (κ2) is 5.94. The highest BCUT2D eigenvalue weighted by atomic mass is 32.2. The zero-order chi connectivity index (χ0) is 14.6. The van der Waals surface area contributed by atoms with E-state index in [9.17, 15) is 18.0 Å².